The first-order chi connectivity index (χ1) is 3.92. The van der Waals surface area contributed by atoms with Crippen molar-refractivity contribution in [1.82, 2.24) is 0 Å². The van der Waals surface area contributed by atoms with Gasteiger partial charge in [0, 0.05) is 12.0 Å². The minimum atomic E-state index is -0.784. The van der Waals surface area contributed by atoms with Crippen molar-refractivity contribution in [2.45, 2.75) is 32.2 Å². The molecule has 0 amide bonds. The molecule has 0 heterocycles. The summed E-state index contributed by atoms with van der Waals surface area (Å²) in [6, 6.07) is 0. The van der Waals surface area contributed by atoms with E-state index in [2.05, 4.69) is 0 Å². The third-order valence-corrected chi connectivity index (χ3v) is 0.983. The molecule has 0 rings (SSSR count). The molecular formula is C6H13NO2. The lowest BCUT2D eigenvalue weighted by molar-refractivity contribution is -0.137. The van der Waals surface area contributed by atoms with E-state index < -0.39 is 5.97 Å². The normalized spacial score (nSPS) is 11.4. The molecule has 0 radical (unpaired) electrons. The van der Waals surface area contributed by atoms with Crippen LogP contribution in [0.25, 0.3) is 0 Å². The number of carbonyl (C=O) groups is 1. The maximum absolute atomic E-state index is 9.99. The number of rotatable bonds is 3. The molecule has 0 aliphatic heterocycles. The Morgan fingerprint density at radius 3 is 2.22 bits per heavy atom. The monoisotopic (exact) mass is 131 g/mol. The number of hydrogen-bond acceptors (Lipinski definition) is 2. The Hall–Kier alpha value is -0.570. The number of nitrogens with two attached hydrogens (primary N) is 1. The summed E-state index contributed by atoms with van der Waals surface area (Å²) in [7, 11) is 0. The molecule has 3 heteroatoms. The predicted molar refractivity (Wildman–Crippen MR) is 35.1 cm³/mol. The summed E-state index contributed by atoms with van der Waals surface area (Å²) < 4.78 is 0. The van der Waals surface area contributed by atoms with Crippen LogP contribution in [0.5, 0.6) is 0 Å². The Morgan fingerprint density at radius 2 is 2.11 bits per heavy atom. The maximum atomic E-state index is 9.99. The predicted octanol–water partition coefficient (Wildman–Crippen LogP) is 0.588. The van der Waals surface area contributed by atoms with Crippen molar-refractivity contribution in [2.75, 3.05) is 0 Å². The first kappa shape index (κ1) is 8.43. The molecule has 0 spiro atoms. The Balaban J connectivity index is 3.39. The highest BCUT2D eigenvalue weighted by molar-refractivity contribution is 5.66. The van der Waals surface area contributed by atoms with Gasteiger partial charge in [-0.3, -0.25) is 4.79 Å². The summed E-state index contributed by atoms with van der Waals surface area (Å²) in [6.07, 6.45) is 0.686. The van der Waals surface area contributed by atoms with Crippen molar-refractivity contribution >= 4 is 5.97 Å². The van der Waals surface area contributed by atoms with Gasteiger partial charge in [-0.25, -0.2) is 0 Å². The van der Waals surface area contributed by atoms with Gasteiger partial charge >= 0.3 is 5.97 Å². The van der Waals surface area contributed by atoms with Crippen LogP contribution < -0.4 is 5.73 Å². The number of hydrogen-bond donors (Lipinski definition) is 2. The van der Waals surface area contributed by atoms with E-state index >= 15 is 0 Å². The average Bonchev–Trinajstić information content (AvgIpc) is 1.59. The molecule has 0 atom stereocenters. The van der Waals surface area contributed by atoms with Gasteiger partial charge in [0.05, 0.1) is 0 Å². The van der Waals surface area contributed by atoms with Crippen LogP contribution in [0.3, 0.4) is 0 Å². The molecule has 0 aliphatic rings. The van der Waals surface area contributed by atoms with E-state index in [1.54, 1.807) is 0 Å². The van der Waals surface area contributed by atoms with Gasteiger partial charge in [-0.05, 0) is 20.3 Å². The Bertz CT molecular complexity index is 104. The summed E-state index contributed by atoms with van der Waals surface area (Å²) >= 11 is 0. The van der Waals surface area contributed by atoms with Crippen LogP contribution in [-0.4, -0.2) is 16.6 Å². The number of carboxylic acids is 1. The minimum absolute atomic E-state index is 0.156. The molecule has 0 bridgehead atoms. The van der Waals surface area contributed by atoms with Crippen molar-refractivity contribution < 1.29 is 9.90 Å². The zero-order chi connectivity index (χ0) is 7.49. The maximum Gasteiger partial charge on any atom is 0.303 e. The summed E-state index contributed by atoms with van der Waals surface area (Å²) in [6.45, 7) is 3.63. The van der Waals surface area contributed by atoms with E-state index in [-0.39, 0.29) is 12.0 Å². The molecular weight excluding hydrogens is 118 g/mol. The quantitative estimate of drug-likeness (QED) is 0.589. The van der Waals surface area contributed by atoms with Gasteiger partial charge in [0.1, 0.15) is 0 Å². The molecule has 0 saturated heterocycles. The van der Waals surface area contributed by atoms with Crippen molar-refractivity contribution in [1.29, 1.82) is 0 Å². The first-order valence-electron chi connectivity index (χ1n) is 2.92. The second-order valence-electron chi connectivity index (χ2n) is 2.88. The van der Waals surface area contributed by atoms with Gasteiger partial charge in [-0.15, -0.1) is 0 Å². The second kappa shape index (κ2) is 2.82. The molecule has 54 valence electrons. The summed E-state index contributed by atoms with van der Waals surface area (Å²) in [5.41, 5.74) is 5.17. The first-order valence-corrected chi connectivity index (χ1v) is 2.92. The van der Waals surface area contributed by atoms with Gasteiger partial charge in [0.15, 0.2) is 0 Å². The van der Waals surface area contributed by atoms with E-state index in [1.165, 1.54) is 0 Å². The minimum Gasteiger partial charge on any atom is -0.481 e. The summed E-state index contributed by atoms with van der Waals surface area (Å²) in [5.74, 6) is -0.784. The SMILES string of the molecule is CC(C)(N)CCC(=O)O. The highest BCUT2D eigenvalue weighted by Gasteiger charge is 2.11. The van der Waals surface area contributed by atoms with Crippen LogP contribution in [-0.2, 0) is 4.79 Å². The Morgan fingerprint density at radius 1 is 1.67 bits per heavy atom. The van der Waals surface area contributed by atoms with Crippen molar-refractivity contribution in [3.05, 3.63) is 0 Å². The molecule has 0 aromatic heterocycles. The zero-order valence-corrected chi connectivity index (χ0v) is 5.85. The topological polar surface area (TPSA) is 63.3 Å². The molecule has 3 N–H and O–H groups in total. The summed E-state index contributed by atoms with van der Waals surface area (Å²) in [5, 5.41) is 8.22. The zero-order valence-electron chi connectivity index (χ0n) is 5.85. The van der Waals surface area contributed by atoms with E-state index in [1.807, 2.05) is 13.8 Å². The van der Waals surface area contributed by atoms with Crippen LogP contribution >= 0.6 is 0 Å². The molecule has 3 nitrogen and oxygen atoms in total. The average molecular weight is 131 g/mol. The largest absolute Gasteiger partial charge is 0.481 e. The number of aliphatic carboxylic acids is 1. The van der Waals surface area contributed by atoms with Crippen LogP contribution in [0.1, 0.15) is 26.7 Å². The van der Waals surface area contributed by atoms with Crippen molar-refractivity contribution in [3.63, 3.8) is 0 Å². The highest BCUT2D eigenvalue weighted by atomic mass is 16.4. The van der Waals surface area contributed by atoms with E-state index in [9.17, 15) is 4.79 Å². The van der Waals surface area contributed by atoms with Gasteiger partial charge < -0.3 is 10.8 Å². The fourth-order valence-electron chi connectivity index (χ4n) is 0.429. The van der Waals surface area contributed by atoms with Gasteiger partial charge in [0.2, 0.25) is 0 Å². The number of carboxylic acid groups (broad SMARTS) is 1. The highest BCUT2D eigenvalue weighted by Crippen LogP contribution is 2.05. The van der Waals surface area contributed by atoms with Crippen LogP contribution in [0.15, 0.2) is 0 Å². The van der Waals surface area contributed by atoms with Gasteiger partial charge in [0.25, 0.3) is 0 Å². The smallest absolute Gasteiger partial charge is 0.303 e. The Labute approximate surface area is 54.9 Å². The van der Waals surface area contributed by atoms with Crippen LogP contribution in [0.4, 0.5) is 0 Å². The van der Waals surface area contributed by atoms with Crippen LogP contribution in [0, 0.1) is 0 Å². The lowest BCUT2D eigenvalue weighted by Crippen LogP contribution is -2.32. The molecule has 0 aliphatic carbocycles. The lowest BCUT2D eigenvalue weighted by Gasteiger charge is -2.15. The molecule has 0 saturated carbocycles. The van der Waals surface area contributed by atoms with Crippen molar-refractivity contribution in [3.8, 4) is 0 Å². The molecule has 0 aromatic carbocycles. The van der Waals surface area contributed by atoms with Gasteiger partial charge in [-0.1, -0.05) is 0 Å². The van der Waals surface area contributed by atoms with Crippen LogP contribution in [0.2, 0.25) is 0 Å². The lowest BCUT2D eigenvalue weighted by atomic mass is 10.0. The fraction of sp³-hybridized carbons (Fsp3) is 0.833. The fourth-order valence-corrected chi connectivity index (χ4v) is 0.429. The van der Waals surface area contributed by atoms with E-state index in [0.29, 0.717) is 6.42 Å². The van der Waals surface area contributed by atoms with E-state index in [4.69, 9.17) is 10.8 Å². The molecule has 0 fully saturated rings. The third-order valence-electron chi connectivity index (χ3n) is 0.983. The van der Waals surface area contributed by atoms with E-state index in [0.717, 1.165) is 0 Å². The third kappa shape index (κ3) is 7.43. The van der Waals surface area contributed by atoms with Gasteiger partial charge in [-0.2, -0.15) is 0 Å². The molecule has 0 unspecified atom stereocenters. The standard InChI is InChI=1S/C6H13NO2/c1-6(2,7)4-3-5(8)9/h3-4,7H2,1-2H3,(H,8,9). The molecule has 9 heavy (non-hydrogen) atoms. The summed E-state index contributed by atoms with van der Waals surface area (Å²) in [4.78, 5) is 9.99. The molecule has 0 aromatic rings. The second-order valence-corrected chi connectivity index (χ2v) is 2.88. The van der Waals surface area contributed by atoms with Crippen molar-refractivity contribution in [2.24, 2.45) is 5.73 Å². The Kier molecular flexibility index (Phi) is 2.65.